The largest absolute Gasteiger partial charge is 0.496 e. The second-order valence-electron chi connectivity index (χ2n) is 4.63. The highest BCUT2D eigenvalue weighted by Gasteiger charge is 2.18. The fourth-order valence-corrected chi connectivity index (χ4v) is 2.28. The summed E-state index contributed by atoms with van der Waals surface area (Å²) in [5.74, 6) is 2.35. The average Bonchev–Trinajstić information content (AvgIpc) is 2.89. The molecule has 1 aromatic carbocycles. The topological polar surface area (TPSA) is 60.2 Å². The molecule has 1 heterocycles. The minimum Gasteiger partial charge on any atom is -0.496 e. The lowest BCUT2D eigenvalue weighted by atomic mass is 10.1. The first-order valence-electron chi connectivity index (χ1n) is 6.92. The molecule has 0 aliphatic rings. The van der Waals surface area contributed by atoms with Gasteiger partial charge in [0, 0.05) is 18.4 Å². The van der Waals surface area contributed by atoms with Gasteiger partial charge in [-0.1, -0.05) is 19.9 Å². The summed E-state index contributed by atoms with van der Waals surface area (Å²) in [5, 5.41) is 14.6. The molecule has 2 aromatic rings. The number of benzene rings is 1. The summed E-state index contributed by atoms with van der Waals surface area (Å²) in [6, 6.07) is 5.67. The summed E-state index contributed by atoms with van der Waals surface area (Å²) < 4.78 is 7.16. The van der Waals surface area contributed by atoms with Crippen molar-refractivity contribution in [1.29, 1.82) is 0 Å². The standard InChI is InChI=1S/C15H21N3O2/c1-5-13-16-14(6-2)18(17-13)11-8-7-9-12(20-4)15(11)10(3)19/h7-10,19H,5-6H2,1-4H3. The van der Waals surface area contributed by atoms with Crippen LogP contribution in [0, 0.1) is 0 Å². The number of ether oxygens (including phenoxy) is 1. The number of aryl methyl sites for hydroxylation is 2. The van der Waals surface area contributed by atoms with Crippen molar-refractivity contribution in [1.82, 2.24) is 14.8 Å². The van der Waals surface area contributed by atoms with Gasteiger partial charge in [-0.25, -0.2) is 9.67 Å². The molecule has 1 N–H and O–H groups in total. The Bertz CT molecular complexity index is 591. The van der Waals surface area contributed by atoms with Crippen molar-refractivity contribution in [3.8, 4) is 11.4 Å². The zero-order chi connectivity index (χ0) is 14.7. The SMILES string of the molecule is CCc1nc(CC)n(-c2cccc(OC)c2C(C)O)n1. The molecule has 0 radical (unpaired) electrons. The molecule has 5 heteroatoms. The molecular weight excluding hydrogens is 254 g/mol. The van der Waals surface area contributed by atoms with Crippen LogP contribution in [0.25, 0.3) is 5.69 Å². The van der Waals surface area contributed by atoms with E-state index in [1.807, 2.05) is 36.7 Å². The summed E-state index contributed by atoms with van der Waals surface area (Å²) in [6.45, 7) is 5.80. The van der Waals surface area contributed by atoms with E-state index in [0.29, 0.717) is 5.75 Å². The molecular formula is C15H21N3O2. The summed E-state index contributed by atoms with van der Waals surface area (Å²) in [7, 11) is 1.60. The van der Waals surface area contributed by atoms with Gasteiger partial charge in [0.15, 0.2) is 5.82 Å². The van der Waals surface area contributed by atoms with Crippen molar-refractivity contribution in [3.05, 3.63) is 35.4 Å². The van der Waals surface area contributed by atoms with E-state index in [4.69, 9.17) is 4.74 Å². The lowest BCUT2D eigenvalue weighted by molar-refractivity contribution is 0.194. The van der Waals surface area contributed by atoms with Crippen LogP contribution in [0.4, 0.5) is 0 Å². The van der Waals surface area contributed by atoms with Crippen molar-refractivity contribution in [3.63, 3.8) is 0 Å². The predicted octanol–water partition coefficient (Wildman–Crippen LogP) is 2.45. The van der Waals surface area contributed by atoms with Crippen molar-refractivity contribution in [2.45, 2.75) is 39.7 Å². The van der Waals surface area contributed by atoms with Crippen LogP contribution in [0.15, 0.2) is 18.2 Å². The Kier molecular flexibility index (Phi) is 4.39. The fourth-order valence-electron chi connectivity index (χ4n) is 2.28. The highest BCUT2D eigenvalue weighted by Crippen LogP contribution is 2.31. The summed E-state index contributed by atoms with van der Waals surface area (Å²) in [6.07, 6.45) is 0.928. The molecule has 108 valence electrons. The lowest BCUT2D eigenvalue weighted by Crippen LogP contribution is -2.09. The minimum atomic E-state index is -0.639. The van der Waals surface area contributed by atoms with Crippen LogP contribution in [0.3, 0.4) is 0 Å². The maximum atomic E-state index is 10.1. The summed E-state index contributed by atoms with van der Waals surface area (Å²) in [4.78, 5) is 4.51. The number of nitrogens with zero attached hydrogens (tertiary/aromatic N) is 3. The maximum absolute atomic E-state index is 10.1. The monoisotopic (exact) mass is 275 g/mol. The molecule has 0 spiro atoms. The van der Waals surface area contributed by atoms with E-state index >= 15 is 0 Å². The van der Waals surface area contributed by atoms with Gasteiger partial charge in [-0.05, 0) is 19.1 Å². The first-order valence-corrected chi connectivity index (χ1v) is 6.92. The van der Waals surface area contributed by atoms with E-state index in [1.165, 1.54) is 0 Å². The number of hydrogen-bond acceptors (Lipinski definition) is 4. The van der Waals surface area contributed by atoms with E-state index in [-0.39, 0.29) is 0 Å². The molecule has 0 saturated carbocycles. The Morgan fingerprint density at radius 2 is 2.05 bits per heavy atom. The van der Waals surface area contributed by atoms with Crippen LogP contribution in [-0.4, -0.2) is 27.0 Å². The van der Waals surface area contributed by atoms with Crippen LogP contribution in [0.2, 0.25) is 0 Å². The molecule has 5 nitrogen and oxygen atoms in total. The molecule has 0 fully saturated rings. The minimum absolute atomic E-state index is 0.639. The Hall–Kier alpha value is -1.88. The predicted molar refractivity (Wildman–Crippen MR) is 77.3 cm³/mol. The zero-order valence-electron chi connectivity index (χ0n) is 12.4. The molecule has 1 aromatic heterocycles. The Morgan fingerprint density at radius 1 is 1.30 bits per heavy atom. The molecule has 1 unspecified atom stereocenters. The lowest BCUT2D eigenvalue weighted by Gasteiger charge is -2.16. The van der Waals surface area contributed by atoms with Crippen molar-refractivity contribution in [2.75, 3.05) is 7.11 Å². The van der Waals surface area contributed by atoms with Crippen LogP contribution in [0.5, 0.6) is 5.75 Å². The van der Waals surface area contributed by atoms with Gasteiger partial charge < -0.3 is 9.84 Å². The normalized spacial score (nSPS) is 12.4. The highest BCUT2D eigenvalue weighted by molar-refractivity contribution is 5.51. The van der Waals surface area contributed by atoms with Crippen molar-refractivity contribution in [2.24, 2.45) is 0 Å². The molecule has 0 saturated heterocycles. The van der Waals surface area contributed by atoms with Crippen molar-refractivity contribution >= 4 is 0 Å². The first kappa shape index (κ1) is 14.5. The quantitative estimate of drug-likeness (QED) is 0.910. The molecule has 0 bridgehead atoms. The summed E-state index contributed by atoms with van der Waals surface area (Å²) >= 11 is 0. The maximum Gasteiger partial charge on any atom is 0.151 e. The van der Waals surface area contributed by atoms with Gasteiger partial charge in [0.1, 0.15) is 11.6 Å². The molecule has 2 rings (SSSR count). The van der Waals surface area contributed by atoms with Crippen LogP contribution < -0.4 is 4.74 Å². The van der Waals surface area contributed by atoms with Gasteiger partial charge in [0.2, 0.25) is 0 Å². The third-order valence-corrected chi connectivity index (χ3v) is 3.26. The van der Waals surface area contributed by atoms with E-state index in [1.54, 1.807) is 14.0 Å². The number of rotatable bonds is 5. The molecule has 20 heavy (non-hydrogen) atoms. The average molecular weight is 275 g/mol. The Labute approximate surface area is 119 Å². The molecule has 1 atom stereocenters. The molecule has 0 amide bonds. The van der Waals surface area contributed by atoms with Gasteiger partial charge >= 0.3 is 0 Å². The molecule has 0 aliphatic heterocycles. The zero-order valence-corrected chi connectivity index (χ0v) is 12.4. The van der Waals surface area contributed by atoms with E-state index in [0.717, 1.165) is 35.7 Å². The third-order valence-electron chi connectivity index (χ3n) is 3.26. The van der Waals surface area contributed by atoms with Gasteiger partial charge in [-0.3, -0.25) is 0 Å². The Balaban J connectivity index is 2.65. The highest BCUT2D eigenvalue weighted by atomic mass is 16.5. The third kappa shape index (κ3) is 2.54. The molecule has 0 aliphatic carbocycles. The Morgan fingerprint density at radius 3 is 2.60 bits per heavy atom. The van der Waals surface area contributed by atoms with E-state index < -0.39 is 6.10 Å². The number of aliphatic hydroxyl groups excluding tert-OH is 1. The summed E-state index contributed by atoms with van der Waals surface area (Å²) in [5.41, 5.74) is 1.56. The van der Waals surface area contributed by atoms with Crippen LogP contribution in [-0.2, 0) is 12.8 Å². The first-order chi connectivity index (χ1) is 9.62. The second kappa shape index (κ2) is 6.05. The van der Waals surface area contributed by atoms with Crippen LogP contribution in [0.1, 0.15) is 44.1 Å². The van der Waals surface area contributed by atoms with Gasteiger partial charge in [-0.15, -0.1) is 0 Å². The van der Waals surface area contributed by atoms with Gasteiger partial charge in [0.25, 0.3) is 0 Å². The number of methoxy groups -OCH3 is 1. The number of aliphatic hydroxyl groups is 1. The van der Waals surface area contributed by atoms with Crippen molar-refractivity contribution < 1.29 is 9.84 Å². The number of aromatic nitrogens is 3. The fraction of sp³-hybridized carbons (Fsp3) is 0.467. The number of hydrogen-bond donors (Lipinski definition) is 1. The van der Waals surface area contributed by atoms with Gasteiger partial charge in [-0.2, -0.15) is 5.10 Å². The smallest absolute Gasteiger partial charge is 0.151 e. The van der Waals surface area contributed by atoms with Crippen LogP contribution >= 0.6 is 0 Å². The van der Waals surface area contributed by atoms with Gasteiger partial charge in [0.05, 0.1) is 18.9 Å². The second-order valence-corrected chi connectivity index (χ2v) is 4.63. The van der Waals surface area contributed by atoms with E-state index in [2.05, 4.69) is 10.1 Å². The van der Waals surface area contributed by atoms with E-state index in [9.17, 15) is 5.11 Å².